The molecule has 130 valence electrons. The minimum Gasteiger partial charge on any atom is -0.289 e. The Kier molecular flexibility index (Phi) is 3.36. The predicted octanol–water partition coefficient (Wildman–Crippen LogP) is 2.11. The normalized spacial score (nSPS) is 11.1. The van der Waals surface area contributed by atoms with Crippen LogP contribution in [0.25, 0.3) is 22.4 Å². The number of hydrogen-bond acceptors (Lipinski definition) is 6. The number of carbonyl (C=O) groups is 1. The van der Waals surface area contributed by atoms with Crippen molar-refractivity contribution in [3.05, 3.63) is 72.7 Å². The first kappa shape index (κ1) is 15.1. The number of para-hydroxylation sites is 1. The molecule has 0 aliphatic rings. The molecule has 0 spiro atoms. The first-order valence-electron chi connectivity index (χ1n) is 8.16. The second-order valence-electron chi connectivity index (χ2n) is 5.81. The average Bonchev–Trinajstić information content (AvgIpc) is 3.31. The number of rotatable bonds is 3. The van der Waals surface area contributed by atoms with E-state index in [0.29, 0.717) is 11.2 Å². The van der Waals surface area contributed by atoms with Crippen molar-refractivity contribution in [2.45, 2.75) is 0 Å². The highest BCUT2D eigenvalue weighted by molar-refractivity contribution is 6.03. The number of hydrogen-bond donors (Lipinski definition) is 1. The van der Waals surface area contributed by atoms with Gasteiger partial charge in [-0.25, -0.2) is 9.20 Å². The van der Waals surface area contributed by atoms with Crippen LogP contribution in [0.2, 0.25) is 0 Å². The summed E-state index contributed by atoms with van der Waals surface area (Å²) in [4.78, 5) is 20.5. The Morgan fingerprint density at radius 1 is 1.00 bits per heavy atom. The molecule has 9 nitrogen and oxygen atoms in total. The minimum atomic E-state index is -0.296. The Hall–Kier alpha value is -4.14. The molecule has 0 saturated heterocycles. The van der Waals surface area contributed by atoms with E-state index in [1.54, 1.807) is 46.0 Å². The summed E-state index contributed by atoms with van der Waals surface area (Å²) < 4.78 is 3.32. The van der Waals surface area contributed by atoms with Gasteiger partial charge in [0.2, 0.25) is 5.95 Å². The summed E-state index contributed by atoms with van der Waals surface area (Å²) in [5, 5.41) is 15.4. The predicted molar refractivity (Wildman–Crippen MR) is 97.6 cm³/mol. The van der Waals surface area contributed by atoms with Crippen LogP contribution in [0.5, 0.6) is 0 Å². The summed E-state index contributed by atoms with van der Waals surface area (Å²) in [6.45, 7) is 0. The van der Waals surface area contributed by atoms with Gasteiger partial charge in [-0.1, -0.05) is 17.3 Å². The first-order chi connectivity index (χ1) is 13.3. The molecule has 0 aliphatic heterocycles. The monoisotopic (exact) mass is 356 g/mol. The van der Waals surface area contributed by atoms with Gasteiger partial charge in [-0.05, 0) is 36.4 Å². The zero-order valence-electron chi connectivity index (χ0n) is 13.9. The zero-order valence-corrected chi connectivity index (χ0v) is 13.9. The van der Waals surface area contributed by atoms with Gasteiger partial charge in [0.25, 0.3) is 5.91 Å². The molecule has 4 aromatic heterocycles. The number of fused-ring (bicyclic) bond motifs is 2. The van der Waals surface area contributed by atoms with E-state index < -0.39 is 0 Å². The molecule has 9 heteroatoms. The third-order valence-corrected chi connectivity index (χ3v) is 4.08. The summed E-state index contributed by atoms with van der Waals surface area (Å²) in [6, 6.07) is 14.6. The molecule has 0 fully saturated rings. The standard InChI is InChI=1S/C18H12N8O/c27-17(12-7-9-19-10-8-12)21-18-20-16-6-5-13(11-25(16)23-18)26-15-4-2-1-3-14(15)22-24-26/h1-11H,(H,21,23,27). The van der Waals surface area contributed by atoms with Crippen molar-refractivity contribution in [2.75, 3.05) is 5.32 Å². The summed E-state index contributed by atoms with van der Waals surface area (Å²) in [5.74, 6) is -0.0757. The minimum absolute atomic E-state index is 0.220. The maximum absolute atomic E-state index is 12.2. The summed E-state index contributed by atoms with van der Waals surface area (Å²) in [7, 11) is 0. The van der Waals surface area contributed by atoms with Gasteiger partial charge < -0.3 is 0 Å². The maximum Gasteiger partial charge on any atom is 0.258 e. The Morgan fingerprint density at radius 3 is 2.74 bits per heavy atom. The van der Waals surface area contributed by atoms with Crippen molar-refractivity contribution in [1.82, 2.24) is 34.6 Å². The molecule has 0 radical (unpaired) electrons. The fourth-order valence-corrected chi connectivity index (χ4v) is 2.79. The van der Waals surface area contributed by atoms with Crippen LogP contribution in [0.15, 0.2) is 67.1 Å². The van der Waals surface area contributed by atoms with Crippen LogP contribution in [0.3, 0.4) is 0 Å². The molecule has 5 aromatic rings. The Morgan fingerprint density at radius 2 is 1.85 bits per heavy atom. The third-order valence-electron chi connectivity index (χ3n) is 4.08. The van der Waals surface area contributed by atoms with Gasteiger partial charge >= 0.3 is 0 Å². The molecule has 0 atom stereocenters. The number of anilines is 1. The van der Waals surface area contributed by atoms with Crippen molar-refractivity contribution >= 4 is 28.5 Å². The number of amides is 1. The largest absolute Gasteiger partial charge is 0.289 e. The van der Waals surface area contributed by atoms with Crippen molar-refractivity contribution in [3.63, 3.8) is 0 Å². The second kappa shape index (κ2) is 5.99. The van der Waals surface area contributed by atoms with Crippen LogP contribution in [0.1, 0.15) is 10.4 Å². The lowest BCUT2D eigenvalue weighted by Crippen LogP contribution is -2.13. The van der Waals surface area contributed by atoms with Gasteiger partial charge in [-0.3, -0.25) is 15.1 Å². The quantitative estimate of drug-likeness (QED) is 0.531. The van der Waals surface area contributed by atoms with Crippen LogP contribution in [0, 0.1) is 0 Å². The summed E-state index contributed by atoms with van der Waals surface area (Å²) in [6.07, 6.45) is 4.90. The number of nitrogens with one attached hydrogen (secondary N) is 1. The molecule has 0 saturated carbocycles. The molecule has 27 heavy (non-hydrogen) atoms. The Bertz CT molecular complexity index is 1270. The zero-order chi connectivity index (χ0) is 18.2. The number of aromatic nitrogens is 7. The molecule has 1 amide bonds. The lowest BCUT2D eigenvalue weighted by Gasteiger charge is -2.02. The number of benzene rings is 1. The SMILES string of the molecule is O=C(Nc1nc2ccc(-n3nnc4ccccc43)cn2n1)c1ccncc1. The highest BCUT2D eigenvalue weighted by Gasteiger charge is 2.12. The average molecular weight is 356 g/mol. The van der Waals surface area contributed by atoms with Gasteiger partial charge in [-0.2, -0.15) is 4.98 Å². The van der Waals surface area contributed by atoms with E-state index in [1.165, 1.54) is 0 Å². The molecule has 5 rings (SSSR count). The fraction of sp³-hybridized carbons (Fsp3) is 0. The summed E-state index contributed by atoms with van der Waals surface area (Å²) in [5.41, 5.74) is 3.57. The Balaban J connectivity index is 1.49. The van der Waals surface area contributed by atoms with Crippen molar-refractivity contribution in [3.8, 4) is 5.69 Å². The molecule has 1 N–H and O–H groups in total. The second-order valence-corrected chi connectivity index (χ2v) is 5.81. The number of carbonyl (C=O) groups excluding carboxylic acids is 1. The van der Waals surface area contributed by atoms with E-state index >= 15 is 0 Å². The van der Waals surface area contributed by atoms with E-state index in [9.17, 15) is 4.79 Å². The number of nitrogens with zero attached hydrogens (tertiary/aromatic N) is 7. The van der Waals surface area contributed by atoms with E-state index in [-0.39, 0.29) is 11.9 Å². The van der Waals surface area contributed by atoms with Crippen LogP contribution in [-0.2, 0) is 0 Å². The maximum atomic E-state index is 12.2. The molecular weight excluding hydrogens is 344 g/mol. The molecule has 0 unspecified atom stereocenters. The first-order valence-corrected chi connectivity index (χ1v) is 8.16. The van der Waals surface area contributed by atoms with E-state index in [0.717, 1.165) is 16.7 Å². The topological polar surface area (TPSA) is 103 Å². The van der Waals surface area contributed by atoms with Crippen molar-refractivity contribution < 1.29 is 4.79 Å². The Labute approximate surface area is 152 Å². The van der Waals surface area contributed by atoms with Crippen molar-refractivity contribution in [1.29, 1.82) is 0 Å². The molecular formula is C18H12N8O. The van der Waals surface area contributed by atoms with Gasteiger partial charge in [-0.15, -0.1) is 10.2 Å². The van der Waals surface area contributed by atoms with Gasteiger partial charge in [0.15, 0.2) is 5.65 Å². The molecule has 4 heterocycles. The molecule has 1 aromatic carbocycles. The fourth-order valence-electron chi connectivity index (χ4n) is 2.79. The molecule has 0 bridgehead atoms. The van der Waals surface area contributed by atoms with Crippen LogP contribution in [-0.4, -0.2) is 40.5 Å². The molecule has 0 aliphatic carbocycles. The highest BCUT2D eigenvalue weighted by Crippen LogP contribution is 2.17. The smallest absolute Gasteiger partial charge is 0.258 e. The van der Waals surface area contributed by atoms with E-state index in [4.69, 9.17) is 0 Å². The summed E-state index contributed by atoms with van der Waals surface area (Å²) >= 11 is 0. The van der Waals surface area contributed by atoms with E-state index in [1.807, 2.05) is 30.3 Å². The van der Waals surface area contributed by atoms with Crippen molar-refractivity contribution in [2.24, 2.45) is 0 Å². The van der Waals surface area contributed by atoms with Crippen LogP contribution >= 0.6 is 0 Å². The highest BCUT2D eigenvalue weighted by atomic mass is 16.1. The lowest BCUT2D eigenvalue weighted by molar-refractivity contribution is 0.102. The van der Waals surface area contributed by atoms with Gasteiger partial charge in [0.1, 0.15) is 5.52 Å². The number of pyridine rings is 2. The lowest BCUT2D eigenvalue weighted by atomic mass is 10.2. The third kappa shape index (κ3) is 2.67. The van der Waals surface area contributed by atoms with Crippen LogP contribution < -0.4 is 5.32 Å². The van der Waals surface area contributed by atoms with Gasteiger partial charge in [0, 0.05) is 18.0 Å². The van der Waals surface area contributed by atoms with Gasteiger partial charge in [0.05, 0.1) is 17.4 Å². The van der Waals surface area contributed by atoms with Crippen LogP contribution in [0.4, 0.5) is 5.95 Å². The van der Waals surface area contributed by atoms with E-state index in [2.05, 4.69) is 30.7 Å².